The number of unbranched alkanes of at least 4 members (excludes halogenated alkanes) is 3. The largest absolute Gasteiger partial charge is 1.00 e. The van der Waals surface area contributed by atoms with E-state index >= 15 is 0 Å². The maximum Gasteiger partial charge on any atom is 0.373 e. The summed E-state index contributed by atoms with van der Waals surface area (Å²) in [5.41, 5.74) is 7.82. The summed E-state index contributed by atoms with van der Waals surface area (Å²) in [7, 11) is 0. The third-order valence-electron chi connectivity index (χ3n) is 20.1. The fraction of sp³-hybridized carbons (Fsp3) is 0.457. The molecule has 7 rings (SSSR count). The number of hydrogen-bond acceptors (Lipinski definition) is 18. The summed E-state index contributed by atoms with van der Waals surface area (Å²) >= 11 is 0. The van der Waals surface area contributed by atoms with E-state index in [1.807, 2.05) is 91.9 Å². The number of anilines is 1. The zero-order valence-corrected chi connectivity index (χ0v) is 70.7. The number of fused-ring (bicyclic) bond motifs is 2. The summed E-state index contributed by atoms with van der Waals surface area (Å²) in [6, 6.07) is 37.3. The number of carboxylic acids is 2. The molecule has 0 fully saturated rings. The normalized spacial score (nSPS) is 12.6. The molecule has 0 spiro atoms. The summed E-state index contributed by atoms with van der Waals surface area (Å²) in [6.45, 7) is 17.4. The van der Waals surface area contributed by atoms with Crippen LogP contribution in [-0.2, 0) is 86.5 Å². The fourth-order valence-electron chi connectivity index (χ4n) is 13.6. The number of ketones is 4. The molecule has 0 bridgehead atoms. The first-order valence-electron chi connectivity index (χ1n) is 41.4. The first kappa shape index (κ1) is 103. The lowest BCUT2D eigenvalue weighted by Crippen LogP contribution is -3.00. The zero-order valence-electron chi connectivity index (χ0n) is 69.9. The number of hydrogen-bond donors (Lipinski definition) is 9. The van der Waals surface area contributed by atoms with Gasteiger partial charge in [0.05, 0.1) is 31.1 Å². The average Bonchev–Trinajstić information content (AvgIpc) is 0.749. The second kappa shape index (κ2) is 59.1. The highest BCUT2D eigenvalue weighted by atomic mass is 35.5. The number of nitrogens with one attached hydrogen (secondary N) is 6. The second-order valence-electron chi connectivity index (χ2n) is 29.1. The molecule has 5 aromatic carbocycles. The highest BCUT2D eigenvalue weighted by Crippen LogP contribution is 2.45. The van der Waals surface area contributed by atoms with Crippen LogP contribution in [0.3, 0.4) is 0 Å². The number of ether oxygens (including phenoxy) is 1. The van der Waals surface area contributed by atoms with E-state index in [0.29, 0.717) is 74.7 Å². The van der Waals surface area contributed by atoms with Crippen LogP contribution in [0.15, 0.2) is 157 Å². The number of aliphatic carboxylic acids is 2. The van der Waals surface area contributed by atoms with Gasteiger partial charge in [-0.1, -0.05) is 129 Å². The summed E-state index contributed by atoms with van der Waals surface area (Å²) in [4.78, 5) is 192. The van der Waals surface area contributed by atoms with Gasteiger partial charge in [0.25, 0.3) is 5.91 Å². The predicted molar refractivity (Wildman–Crippen MR) is 448 cm³/mol. The van der Waals surface area contributed by atoms with Crippen molar-refractivity contribution in [2.45, 2.75) is 208 Å². The number of nitrogens with zero attached hydrogens (tertiary/aromatic N) is 1. The fourth-order valence-corrected chi connectivity index (χ4v) is 13.6. The first-order chi connectivity index (χ1) is 57.4. The molecule has 27 nitrogen and oxygen atoms in total. The Balaban J connectivity index is 0.00000292. The molecule has 28 heteroatoms. The minimum absolute atomic E-state index is 0. The van der Waals surface area contributed by atoms with Crippen LogP contribution in [0.2, 0.25) is 0 Å². The van der Waals surface area contributed by atoms with Gasteiger partial charge in [-0.15, -0.1) is 0 Å². The summed E-state index contributed by atoms with van der Waals surface area (Å²) < 4.78 is 6.50. The molecule has 5 atom stereocenters. The number of Topliss-reactive ketones (excluding diaryl/α,β-unsaturated/α-hetero) is 4. The van der Waals surface area contributed by atoms with Crippen LogP contribution < -0.4 is 59.3 Å². The zero-order chi connectivity index (χ0) is 87.3. The number of amides is 6. The summed E-state index contributed by atoms with van der Waals surface area (Å²) in [5, 5.41) is 37.9. The molecule has 1 unspecified atom stereocenters. The van der Waals surface area contributed by atoms with Gasteiger partial charge in [-0.05, 0) is 164 Å². The minimum atomic E-state index is -1.16. The summed E-state index contributed by atoms with van der Waals surface area (Å²) in [5.74, 6) is -5.97. The van der Waals surface area contributed by atoms with Gasteiger partial charge in [-0.3, -0.25) is 57.5 Å². The number of carbonyl (C=O) groups excluding carboxylic acids is 14. The Morgan fingerprint density at radius 3 is 1.71 bits per heavy atom. The average molecular weight is 1680 g/mol. The highest BCUT2D eigenvalue weighted by Gasteiger charge is 2.32. The van der Waals surface area contributed by atoms with Crippen molar-refractivity contribution in [2.75, 3.05) is 50.7 Å². The second-order valence-corrected chi connectivity index (χ2v) is 29.1. The molecule has 2 aliphatic rings. The van der Waals surface area contributed by atoms with E-state index < -0.39 is 41.8 Å². The molecule has 0 saturated carbocycles. The number of benzene rings is 5. The molecule has 0 saturated heterocycles. The molecular weight excluding hydrogens is 1560 g/mol. The SMILES string of the molecule is CCCNC(=O)[C@H](C)CC(=O)C(CCCCNC(=O)c1ccccc1C1=C2C=CCC=C2Oc2cc(N(CC)CC)ccc21)NC(=O)CCCCC(=O)c1ccc(CNC(=O)[C@@H](CC(=O)[C@H](Cc2ccccc2)NC(=O)CCCCC(=O)CCCNC(=O)CC[C@@H](CCC(=O)O)C(=O)O)Cc2ccccc2)cc1.CC[NH2+]CC.O=C=O.O=C=O.[Cl-]. The molecule has 6 amide bonds. The topological polar surface area (TPSA) is 415 Å². The molecule has 1 aliphatic heterocycles. The third kappa shape index (κ3) is 38.4. The lowest BCUT2D eigenvalue weighted by Gasteiger charge is -2.29. The summed E-state index contributed by atoms with van der Waals surface area (Å²) in [6.07, 6.45) is 11.7. The van der Waals surface area contributed by atoms with E-state index in [9.17, 15) is 62.6 Å². The number of halogens is 1. The molecule has 10 N–H and O–H groups in total. The maximum atomic E-state index is 14.4. The van der Waals surface area contributed by atoms with Crippen molar-refractivity contribution in [1.82, 2.24) is 31.9 Å². The van der Waals surface area contributed by atoms with Crippen molar-refractivity contribution >= 4 is 94.1 Å². The van der Waals surface area contributed by atoms with E-state index in [1.54, 1.807) is 31.2 Å². The van der Waals surface area contributed by atoms with Crippen LogP contribution in [0, 0.1) is 17.8 Å². The first-order valence-corrected chi connectivity index (χ1v) is 41.4. The van der Waals surface area contributed by atoms with Crippen molar-refractivity contribution in [3.8, 4) is 5.75 Å². The lowest BCUT2D eigenvalue weighted by molar-refractivity contribution is -0.648. The maximum absolute atomic E-state index is 14.4. The molecule has 5 aromatic rings. The van der Waals surface area contributed by atoms with Gasteiger partial charge < -0.3 is 69.5 Å². The minimum Gasteiger partial charge on any atom is -1.00 e. The molecular formula is C92H119ClN8O19. The van der Waals surface area contributed by atoms with Crippen molar-refractivity contribution in [3.05, 3.63) is 196 Å². The van der Waals surface area contributed by atoms with Gasteiger partial charge in [-0.25, -0.2) is 0 Å². The monoisotopic (exact) mass is 1670 g/mol. The number of carbonyl (C=O) groups is 12. The molecule has 1 heterocycles. The predicted octanol–water partition coefficient (Wildman–Crippen LogP) is 7.48. The smallest absolute Gasteiger partial charge is 0.373 e. The van der Waals surface area contributed by atoms with E-state index in [0.717, 1.165) is 76.5 Å². The van der Waals surface area contributed by atoms with Crippen molar-refractivity contribution in [1.29, 1.82) is 0 Å². The van der Waals surface area contributed by atoms with Crippen LogP contribution in [0.25, 0.3) is 5.57 Å². The van der Waals surface area contributed by atoms with Crippen LogP contribution in [0.5, 0.6) is 5.75 Å². The van der Waals surface area contributed by atoms with Gasteiger partial charge in [0.2, 0.25) is 29.5 Å². The van der Waals surface area contributed by atoms with Crippen LogP contribution in [-0.4, -0.2) is 151 Å². The van der Waals surface area contributed by atoms with Crippen LogP contribution in [0.4, 0.5) is 5.69 Å². The quantitative estimate of drug-likeness (QED) is 0.0134. The number of carboxylic acid groups (broad SMARTS) is 2. The van der Waals surface area contributed by atoms with Crippen LogP contribution in [0.1, 0.15) is 225 Å². The number of nitrogens with two attached hydrogens (primary N) is 1. The Labute approximate surface area is 709 Å². The Morgan fingerprint density at radius 2 is 1.10 bits per heavy atom. The number of rotatable bonds is 52. The Hall–Kier alpha value is -11.6. The molecule has 0 aromatic heterocycles. The van der Waals surface area contributed by atoms with Gasteiger partial charge >= 0.3 is 24.2 Å². The van der Waals surface area contributed by atoms with E-state index in [2.05, 4.69) is 106 Å². The molecule has 1 aliphatic carbocycles. The molecule has 120 heavy (non-hydrogen) atoms. The third-order valence-corrected chi connectivity index (χ3v) is 20.1. The van der Waals surface area contributed by atoms with E-state index in [4.69, 9.17) is 29.0 Å². The molecule has 0 radical (unpaired) electrons. The van der Waals surface area contributed by atoms with E-state index in [-0.39, 0.29) is 186 Å². The number of quaternary nitrogens is 1. The van der Waals surface area contributed by atoms with Crippen molar-refractivity contribution in [2.24, 2.45) is 17.8 Å². The van der Waals surface area contributed by atoms with Gasteiger partial charge in [0.15, 0.2) is 17.3 Å². The Kier molecular flexibility index (Phi) is 50.5. The van der Waals surface area contributed by atoms with Gasteiger partial charge in [0.1, 0.15) is 17.3 Å². The molecule has 648 valence electrons. The Morgan fingerprint density at radius 1 is 0.525 bits per heavy atom. The Bertz CT molecular complexity index is 4270. The van der Waals surface area contributed by atoms with Crippen LogP contribution >= 0.6 is 0 Å². The van der Waals surface area contributed by atoms with Gasteiger partial charge in [-0.2, -0.15) is 19.2 Å². The lowest BCUT2D eigenvalue weighted by atomic mass is 9.85. The highest BCUT2D eigenvalue weighted by molar-refractivity contribution is 6.04. The number of allylic oxidation sites excluding steroid dienone is 3. The van der Waals surface area contributed by atoms with Crippen molar-refractivity contribution in [3.63, 3.8) is 0 Å². The standard InChI is InChI=1S/C86H107N7O15.C4H11N.2CO2.ClH/c1-5-49-88-83(103)58(4)52-74(96)71(34-22-23-50-89-85(105)68-32-16-15-31-67(68)82-69-33-17-19-36-76(69)108-77-56-65(45-46-70(77)82)93(6-2)7-3)91-79(99)38-21-18-35-73(95)62-41-39-61(40-42-62)57-90-84(104)64(53-59-25-10-8-11-26-59)55-75(97)72(54-60-27-12-9-13-28-60)92-80(100)37-20-14-29-66(94)30-24-51-87-78(98)47-43-63(86(106)107)44-48-81(101)102;1-3-5-4-2;2*2-1-3;/h8-13,15-17,25-28,31-33,36,39-42,45-46,56,58,63-64,71-72H,5-7,14,18-24,29-30,34-35,37-38,43-44,47-55,57H2,1-4H3,(H,87,98)(H,88,103)(H,89,105)(H,90,104)(H,91,99)(H,92,100)(H,101,102)(H,106,107);5H,3-4H2,1-2H3;;;1H/t58-,63+,64-,71?,72+;;;;/m1..../s1. The van der Waals surface area contributed by atoms with Crippen molar-refractivity contribution < 1.29 is 109 Å². The van der Waals surface area contributed by atoms with Gasteiger partial charge in [0, 0.05) is 148 Å². The van der Waals surface area contributed by atoms with E-state index in [1.165, 1.54) is 13.1 Å².